The third kappa shape index (κ3) is 3.34. The first-order valence-corrected chi connectivity index (χ1v) is 7.86. The molecule has 0 unspecified atom stereocenters. The second-order valence-electron chi connectivity index (χ2n) is 4.10. The monoisotopic (exact) mass is 382 g/mol. The van der Waals surface area contributed by atoms with Crippen LogP contribution in [0.25, 0.3) is 21.9 Å². The molecule has 0 fully saturated rings. The van der Waals surface area contributed by atoms with Crippen molar-refractivity contribution in [3.8, 4) is 16.5 Å². The molecule has 0 bridgehead atoms. The predicted octanol–water partition coefficient (Wildman–Crippen LogP) is 5.00. The van der Waals surface area contributed by atoms with Gasteiger partial charge in [-0.1, -0.05) is 23.7 Å². The fourth-order valence-corrected chi connectivity index (χ4v) is 3.18. The SMILES string of the molecule is Oc1cccc(/C=C(\Cl)c2nnc(-c3ccc(Br)s3)o2)c1. The van der Waals surface area contributed by atoms with E-state index in [1.54, 1.807) is 24.3 Å². The van der Waals surface area contributed by atoms with Crippen molar-refractivity contribution in [1.29, 1.82) is 0 Å². The van der Waals surface area contributed by atoms with E-state index in [1.807, 2.05) is 18.2 Å². The lowest BCUT2D eigenvalue weighted by atomic mass is 10.2. The fourth-order valence-electron chi connectivity index (χ4n) is 1.67. The third-order valence-corrected chi connectivity index (χ3v) is 4.46. The molecule has 3 aromatic rings. The Kier molecular flexibility index (Phi) is 4.10. The Bertz CT molecular complexity index is 813. The highest BCUT2D eigenvalue weighted by atomic mass is 79.9. The van der Waals surface area contributed by atoms with Crippen molar-refractivity contribution in [1.82, 2.24) is 10.2 Å². The summed E-state index contributed by atoms with van der Waals surface area (Å²) in [5.41, 5.74) is 0.749. The zero-order chi connectivity index (χ0) is 14.8. The number of aromatic nitrogens is 2. The van der Waals surface area contributed by atoms with E-state index >= 15 is 0 Å². The summed E-state index contributed by atoms with van der Waals surface area (Å²) in [5, 5.41) is 17.7. The molecule has 0 aliphatic carbocycles. The number of thiophene rings is 1. The van der Waals surface area contributed by atoms with Crippen molar-refractivity contribution < 1.29 is 9.52 Å². The molecule has 7 heteroatoms. The van der Waals surface area contributed by atoms with Crippen molar-refractivity contribution in [2.24, 2.45) is 0 Å². The van der Waals surface area contributed by atoms with Gasteiger partial charge in [-0.3, -0.25) is 0 Å². The highest BCUT2D eigenvalue weighted by Crippen LogP contribution is 2.32. The Morgan fingerprint density at radius 2 is 2.14 bits per heavy atom. The summed E-state index contributed by atoms with van der Waals surface area (Å²) >= 11 is 11.1. The van der Waals surface area contributed by atoms with Crippen LogP contribution in [0.2, 0.25) is 0 Å². The number of phenolic OH excluding ortho intramolecular Hbond substituents is 1. The number of rotatable bonds is 3. The van der Waals surface area contributed by atoms with E-state index in [9.17, 15) is 5.11 Å². The van der Waals surface area contributed by atoms with Crippen molar-refractivity contribution in [3.63, 3.8) is 0 Å². The van der Waals surface area contributed by atoms with Crippen LogP contribution in [0.15, 0.2) is 44.6 Å². The molecule has 1 N–H and O–H groups in total. The first-order valence-electron chi connectivity index (χ1n) is 5.87. The molecule has 1 aromatic carbocycles. The Labute approximate surface area is 137 Å². The molecular weight excluding hydrogens is 376 g/mol. The minimum Gasteiger partial charge on any atom is -0.508 e. The molecular formula is C14H8BrClN2O2S. The third-order valence-electron chi connectivity index (χ3n) is 2.58. The molecule has 21 heavy (non-hydrogen) atoms. The molecule has 0 spiro atoms. The lowest BCUT2D eigenvalue weighted by Crippen LogP contribution is -1.78. The molecule has 2 aromatic heterocycles. The summed E-state index contributed by atoms with van der Waals surface area (Å²) in [6.07, 6.45) is 1.66. The summed E-state index contributed by atoms with van der Waals surface area (Å²) in [6.45, 7) is 0. The number of aromatic hydroxyl groups is 1. The fraction of sp³-hybridized carbons (Fsp3) is 0. The molecule has 0 radical (unpaired) electrons. The van der Waals surface area contributed by atoms with Crippen LogP contribution < -0.4 is 0 Å². The van der Waals surface area contributed by atoms with Crippen molar-refractivity contribution >= 4 is 50.0 Å². The maximum atomic E-state index is 9.42. The van der Waals surface area contributed by atoms with Crippen molar-refractivity contribution in [3.05, 3.63) is 51.6 Å². The molecule has 2 heterocycles. The number of benzene rings is 1. The Morgan fingerprint density at radius 1 is 1.29 bits per heavy atom. The Morgan fingerprint density at radius 3 is 2.86 bits per heavy atom. The number of halogens is 2. The molecule has 0 atom stereocenters. The van der Waals surface area contributed by atoms with Crippen LogP contribution in [0.1, 0.15) is 11.5 Å². The van der Waals surface area contributed by atoms with Gasteiger partial charge >= 0.3 is 0 Å². The van der Waals surface area contributed by atoms with Gasteiger partial charge in [0, 0.05) is 0 Å². The van der Waals surface area contributed by atoms with Crippen molar-refractivity contribution in [2.45, 2.75) is 0 Å². The van der Waals surface area contributed by atoms with E-state index in [0.29, 0.717) is 10.9 Å². The standard InChI is InChI=1S/C14H8BrClN2O2S/c15-12-5-4-11(21-12)14-18-17-13(20-14)10(16)7-8-2-1-3-9(19)6-8/h1-7,19H/b10-7-. The molecule has 3 rings (SSSR count). The average Bonchev–Trinajstić information content (AvgIpc) is 3.07. The molecule has 0 saturated carbocycles. The van der Waals surface area contributed by atoms with E-state index in [1.165, 1.54) is 11.3 Å². The van der Waals surface area contributed by atoms with Crippen LogP contribution in [0.3, 0.4) is 0 Å². The average molecular weight is 384 g/mol. The second kappa shape index (κ2) is 6.01. The van der Waals surface area contributed by atoms with E-state index in [4.69, 9.17) is 16.0 Å². The second-order valence-corrected chi connectivity index (χ2v) is 6.97. The molecule has 4 nitrogen and oxygen atoms in total. The first-order chi connectivity index (χ1) is 10.1. The van der Waals surface area contributed by atoms with E-state index in [0.717, 1.165) is 14.2 Å². The quantitative estimate of drug-likeness (QED) is 0.691. The smallest absolute Gasteiger partial charge is 0.259 e. The highest BCUT2D eigenvalue weighted by molar-refractivity contribution is 9.11. The molecule has 0 aliphatic heterocycles. The molecule has 0 aliphatic rings. The minimum absolute atomic E-state index is 0.169. The largest absolute Gasteiger partial charge is 0.508 e. The number of hydrogen-bond acceptors (Lipinski definition) is 5. The van der Waals surface area contributed by atoms with Gasteiger partial charge in [-0.15, -0.1) is 21.5 Å². The van der Waals surface area contributed by atoms with Gasteiger partial charge in [0.25, 0.3) is 11.8 Å². The van der Waals surface area contributed by atoms with E-state index in [2.05, 4.69) is 26.1 Å². The van der Waals surface area contributed by atoms with Crippen LogP contribution in [0, 0.1) is 0 Å². The first kappa shape index (κ1) is 14.3. The normalized spacial score (nSPS) is 11.8. The summed E-state index contributed by atoms with van der Waals surface area (Å²) in [4.78, 5) is 0.863. The van der Waals surface area contributed by atoms with Gasteiger partial charge in [0.05, 0.1) is 8.66 Å². The number of hydrogen-bond donors (Lipinski definition) is 1. The van der Waals surface area contributed by atoms with Crippen LogP contribution >= 0.6 is 38.9 Å². The zero-order valence-electron chi connectivity index (χ0n) is 10.5. The lowest BCUT2D eigenvalue weighted by molar-refractivity contribution is 0.475. The summed E-state index contributed by atoms with van der Waals surface area (Å²) in [6, 6.07) is 10.5. The summed E-state index contributed by atoms with van der Waals surface area (Å²) < 4.78 is 6.54. The molecule has 0 amide bonds. The minimum atomic E-state index is 0.169. The maximum Gasteiger partial charge on any atom is 0.259 e. The van der Waals surface area contributed by atoms with Gasteiger partial charge in [-0.05, 0) is 51.8 Å². The summed E-state index contributed by atoms with van der Waals surface area (Å²) in [7, 11) is 0. The van der Waals surface area contributed by atoms with Crippen LogP contribution in [0.4, 0.5) is 0 Å². The van der Waals surface area contributed by atoms with Gasteiger partial charge in [0.1, 0.15) is 10.8 Å². The van der Waals surface area contributed by atoms with Crippen LogP contribution in [0.5, 0.6) is 5.75 Å². The maximum absolute atomic E-state index is 9.42. The van der Waals surface area contributed by atoms with E-state index < -0.39 is 0 Å². The number of nitrogens with zero attached hydrogens (tertiary/aromatic N) is 2. The molecule has 106 valence electrons. The van der Waals surface area contributed by atoms with Gasteiger partial charge in [-0.25, -0.2) is 0 Å². The lowest BCUT2D eigenvalue weighted by Gasteiger charge is -1.96. The van der Waals surface area contributed by atoms with Gasteiger partial charge in [0.15, 0.2) is 0 Å². The predicted molar refractivity (Wildman–Crippen MR) is 87.1 cm³/mol. The van der Waals surface area contributed by atoms with Gasteiger partial charge < -0.3 is 9.52 Å². The highest BCUT2D eigenvalue weighted by Gasteiger charge is 2.13. The van der Waals surface area contributed by atoms with Gasteiger partial charge in [-0.2, -0.15) is 0 Å². The van der Waals surface area contributed by atoms with E-state index in [-0.39, 0.29) is 11.6 Å². The summed E-state index contributed by atoms with van der Waals surface area (Å²) in [5.74, 6) is 0.825. The van der Waals surface area contributed by atoms with Crippen LogP contribution in [-0.2, 0) is 0 Å². The topological polar surface area (TPSA) is 59.2 Å². The van der Waals surface area contributed by atoms with Crippen molar-refractivity contribution in [2.75, 3.05) is 0 Å². The Hall–Kier alpha value is -1.63. The van der Waals surface area contributed by atoms with Gasteiger partial charge in [0.2, 0.25) is 0 Å². The van der Waals surface area contributed by atoms with Crippen LogP contribution in [-0.4, -0.2) is 15.3 Å². The molecule has 0 saturated heterocycles. The number of phenols is 1. The Balaban J connectivity index is 1.89. The zero-order valence-corrected chi connectivity index (χ0v) is 13.6.